The molecule has 15 heavy (non-hydrogen) atoms. The minimum atomic E-state index is -4.60. The van der Waals surface area contributed by atoms with Crippen LogP contribution in [0.4, 0.5) is 13.2 Å². The van der Waals surface area contributed by atoms with Gasteiger partial charge in [-0.05, 0) is 42.9 Å². The number of hydrogen-bond acceptors (Lipinski definition) is 1. The topological polar surface area (TPSA) is 9.23 Å². The Balaban J connectivity index is 2.31. The van der Waals surface area contributed by atoms with Gasteiger partial charge in [-0.15, -0.1) is 13.2 Å². The van der Waals surface area contributed by atoms with Gasteiger partial charge in [0.05, 0.1) is 0 Å². The first-order valence-corrected chi connectivity index (χ1v) is 4.74. The van der Waals surface area contributed by atoms with E-state index < -0.39 is 6.36 Å². The Hall–Kier alpha value is -1.19. The van der Waals surface area contributed by atoms with E-state index in [4.69, 9.17) is 0 Å². The number of fused-ring (bicyclic) bond motifs is 1. The molecule has 0 atom stereocenters. The predicted molar refractivity (Wildman–Crippen MR) is 49.5 cm³/mol. The molecule has 0 N–H and O–H groups in total. The number of alkyl halides is 3. The molecule has 0 spiro atoms. The Labute approximate surface area is 85.9 Å². The molecule has 81 valence electrons. The lowest BCUT2D eigenvalue weighted by atomic mass is 9.91. The Morgan fingerprint density at radius 3 is 2.73 bits per heavy atom. The van der Waals surface area contributed by atoms with Gasteiger partial charge in [-0.25, -0.2) is 0 Å². The normalized spacial score (nSPS) is 15.9. The quantitative estimate of drug-likeness (QED) is 0.698. The minimum absolute atomic E-state index is 0.0481. The molecular formula is C11H10F3O. The molecule has 0 fully saturated rings. The largest absolute Gasteiger partial charge is 0.573 e. The monoisotopic (exact) mass is 215 g/mol. The molecule has 0 amide bonds. The molecule has 0 aliphatic heterocycles. The number of hydrogen-bond donors (Lipinski definition) is 0. The van der Waals surface area contributed by atoms with Crippen LogP contribution in [0.5, 0.6) is 5.75 Å². The van der Waals surface area contributed by atoms with Gasteiger partial charge in [0.25, 0.3) is 0 Å². The van der Waals surface area contributed by atoms with Crippen LogP contribution in [0.2, 0.25) is 0 Å². The van der Waals surface area contributed by atoms with Gasteiger partial charge in [-0.1, -0.05) is 12.1 Å². The summed E-state index contributed by atoms with van der Waals surface area (Å²) in [7, 11) is 0. The zero-order chi connectivity index (χ0) is 10.9. The standard InChI is InChI=1S/C11H10F3O/c12-11(13,14)15-10-7-3-5-8-4-1-2-6-9(8)10/h1,3,5,7H,2,4,6H2. The molecule has 0 saturated carbocycles. The Morgan fingerprint density at radius 2 is 2.00 bits per heavy atom. The van der Waals surface area contributed by atoms with Crippen LogP contribution in [0, 0.1) is 6.42 Å². The van der Waals surface area contributed by atoms with Crippen molar-refractivity contribution in [2.24, 2.45) is 0 Å². The van der Waals surface area contributed by atoms with Crippen molar-refractivity contribution >= 4 is 0 Å². The fourth-order valence-corrected chi connectivity index (χ4v) is 1.81. The smallest absolute Gasteiger partial charge is 0.405 e. The van der Waals surface area contributed by atoms with Crippen molar-refractivity contribution in [1.29, 1.82) is 0 Å². The summed E-state index contributed by atoms with van der Waals surface area (Å²) < 4.78 is 40.2. The van der Waals surface area contributed by atoms with Gasteiger partial charge in [0.15, 0.2) is 0 Å². The zero-order valence-electron chi connectivity index (χ0n) is 7.97. The molecule has 0 heterocycles. The highest BCUT2D eigenvalue weighted by Gasteiger charge is 2.32. The van der Waals surface area contributed by atoms with Gasteiger partial charge in [0, 0.05) is 0 Å². The second-order valence-electron chi connectivity index (χ2n) is 3.47. The summed E-state index contributed by atoms with van der Waals surface area (Å²) in [6.07, 6.45) is -0.368. The maximum atomic E-state index is 12.1. The van der Waals surface area contributed by atoms with Crippen molar-refractivity contribution in [2.45, 2.75) is 25.6 Å². The molecular weight excluding hydrogens is 205 g/mol. The van der Waals surface area contributed by atoms with E-state index in [0.717, 1.165) is 18.4 Å². The fraction of sp³-hybridized carbons (Fsp3) is 0.364. The van der Waals surface area contributed by atoms with Crippen LogP contribution in [0.1, 0.15) is 17.5 Å². The molecule has 0 saturated heterocycles. The van der Waals surface area contributed by atoms with Gasteiger partial charge in [-0.2, -0.15) is 0 Å². The third-order valence-corrected chi connectivity index (χ3v) is 2.42. The van der Waals surface area contributed by atoms with Crippen molar-refractivity contribution in [1.82, 2.24) is 0 Å². The Kier molecular flexibility index (Phi) is 2.59. The number of ether oxygens (including phenoxy) is 1. The van der Waals surface area contributed by atoms with Crippen molar-refractivity contribution in [3.05, 3.63) is 35.7 Å². The van der Waals surface area contributed by atoms with E-state index in [9.17, 15) is 13.2 Å². The van der Waals surface area contributed by atoms with Crippen molar-refractivity contribution in [3.63, 3.8) is 0 Å². The average Bonchev–Trinajstić information content (AvgIpc) is 2.16. The fourth-order valence-electron chi connectivity index (χ4n) is 1.81. The average molecular weight is 215 g/mol. The lowest BCUT2D eigenvalue weighted by Gasteiger charge is -2.19. The highest BCUT2D eigenvalue weighted by Crippen LogP contribution is 2.32. The highest BCUT2D eigenvalue weighted by molar-refractivity contribution is 5.42. The maximum Gasteiger partial charge on any atom is 0.573 e. The maximum absolute atomic E-state index is 12.1. The van der Waals surface area contributed by atoms with Crippen LogP contribution in [0.25, 0.3) is 0 Å². The van der Waals surface area contributed by atoms with Crippen LogP contribution in [0.3, 0.4) is 0 Å². The molecule has 0 aromatic heterocycles. The summed E-state index contributed by atoms with van der Waals surface area (Å²) in [5.41, 5.74) is 1.63. The summed E-state index contributed by atoms with van der Waals surface area (Å²) in [6.45, 7) is 0. The van der Waals surface area contributed by atoms with Gasteiger partial charge >= 0.3 is 6.36 Å². The zero-order valence-corrected chi connectivity index (χ0v) is 7.97. The first-order chi connectivity index (χ1) is 7.06. The number of halogens is 3. The van der Waals surface area contributed by atoms with Gasteiger partial charge in [-0.3, -0.25) is 0 Å². The lowest BCUT2D eigenvalue weighted by molar-refractivity contribution is -0.274. The van der Waals surface area contributed by atoms with Crippen molar-refractivity contribution in [2.75, 3.05) is 0 Å². The van der Waals surface area contributed by atoms with Gasteiger partial charge in [0.1, 0.15) is 5.75 Å². The van der Waals surface area contributed by atoms with Crippen LogP contribution in [-0.2, 0) is 12.8 Å². The van der Waals surface area contributed by atoms with Crippen LogP contribution in [0.15, 0.2) is 18.2 Å². The second-order valence-corrected chi connectivity index (χ2v) is 3.47. The third kappa shape index (κ3) is 2.43. The summed E-state index contributed by atoms with van der Waals surface area (Å²) in [4.78, 5) is 0. The summed E-state index contributed by atoms with van der Waals surface area (Å²) in [5, 5.41) is 0. The van der Waals surface area contributed by atoms with E-state index in [2.05, 4.69) is 11.2 Å². The number of benzene rings is 1. The SMILES string of the molecule is FC(F)(F)Oc1cccc2c1CC[CH]C2. The molecule has 1 aliphatic carbocycles. The Bertz CT molecular complexity index is 357. The first-order valence-electron chi connectivity index (χ1n) is 4.74. The lowest BCUT2D eigenvalue weighted by Crippen LogP contribution is -2.19. The summed E-state index contributed by atoms with van der Waals surface area (Å²) in [5.74, 6) is -0.0481. The third-order valence-electron chi connectivity index (χ3n) is 2.42. The van der Waals surface area contributed by atoms with E-state index in [1.165, 1.54) is 6.07 Å². The predicted octanol–water partition coefficient (Wildman–Crippen LogP) is 3.28. The molecule has 0 bridgehead atoms. The van der Waals surface area contributed by atoms with E-state index >= 15 is 0 Å². The van der Waals surface area contributed by atoms with E-state index in [-0.39, 0.29) is 5.75 Å². The van der Waals surface area contributed by atoms with Gasteiger partial charge in [0.2, 0.25) is 0 Å². The Morgan fingerprint density at radius 1 is 1.20 bits per heavy atom. The molecule has 1 radical (unpaired) electrons. The van der Waals surface area contributed by atoms with E-state index in [1.54, 1.807) is 6.07 Å². The minimum Gasteiger partial charge on any atom is -0.405 e. The van der Waals surface area contributed by atoms with Crippen LogP contribution in [-0.4, -0.2) is 6.36 Å². The first kappa shape index (κ1) is 10.3. The molecule has 4 heteroatoms. The molecule has 1 aromatic carbocycles. The van der Waals surface area contributed by atoms with Crippen LogP contribution >= 0.6 is 0 Å². The summed E-state index contributed by atoms with van der Waals surface area (Å²) in [6, 6.07) is 4.81. The van der Waals surface area contributed by atoms with Gasteiger partial charge < -0.3 is 4.74 Å². The second kappa shape index (κ2) is 3.76. The molecule has 1 nitrogen and oxygen atoms in total. The molecule has 2 rings (SSSR count). The molecule has 0 unspecified atom stereocenters. The van der Waals surface area contributed by atoms with Crippen LogP contribution < -0.4 is 4.74 Å². The van der Waals surface area contributed by atoms with E-state index in [0.29, 0.717) is 12.0 Å². The highest BCUT2D eigenvalue weighted by atomic mass is 19.4. The van der Waals surface area contributed by atoms with Crippen molar-refractivity contribution < 1.29 is 17.9 Å². The van der Waals surface area contributed by atoms with Crippen molar-refractivity contribution in [3.8, 4) is 5.75 Å². The summed E-state index contributed by atoms with van der Waals surface area (Å²) >= 11 is 0. The van der Waals surface area contributed by atoms with E-state index in [1.807, 2.05) is 6.07 Å². The molecule has 1 aliphatic rings. The number of rotatable bonds is 1. The molecule has 1 aromatic rings.